The van der Waals surface area contributed by atoms with Crippen molar-refractivity contribution >= 4 is 24.7 Å². The number of unbranched alkanes of at least 4 members (excludes halogenated alkanes) is 5. The SMILES string of the molecule is CC(C)(C)OC(=O)NCCCCN(CCCCNC=O)CCCCN(CCCCNC(=O)OC(C)(C)C)CCCCNC(=O)OC(C)(C)C. The van der Waals surface area contributed by atoms with Crippen molar-refractivity contribution in [3.8, 4) is 0 Å². The average Bonchev–Trinajstić information content (AvgIpc) is 2.94. The molecule has 0 aromatic heterocycles. The van der Waals surface area contributed by atoms with E-state index in [2.05, 4.69) is 31.1 Å². The van der Waals surface area contributed by atoms with Crippen LogP contribution in [0.1, 0.15) is 127 Å². The zero-order valence-electron chi connectivity index (χ0n) is 32.5. The molecule has 288 valence electrons. The molecular weight excluding hydrogens is 628 g/mol. The van der Waals surface area contributed by atoms with Gasteiger partial charge in [-0.25, -0.2) is 14.4 Å². The van der Waals surface area contributed by atoms with Crippen LogP contribution in [0.4, 0.5) is 14.4 Å². The number of carbonyl (C=O) groups is 4. The lowest BCUT2D eigenvalue weighted by Gasteiger charge is -2.25. The van der Waals surface area contributed by atoms with Gasteiger partial charge in [0.15, 0.2) is 0 Å². The van der Waals surface area contributed by atoms with E-state index in [0.29, 0.717) is 26.2 Å². The standard InChI is InChI=1S/C36H72N6O7/c1-34(2,3)47-31(44)38-21-11-15-25-41(24-14-10-20-37-30-43)28-18-19-29-42(26-16-12-22-39-32(45)48-35(4,5)6)27-17-13-23-40-33(46)49-36(7,8)9/h30H,10-29H2,1-9H3,(H,37,43)(H,38,44)(H,39,45)(H,40,46). The Hall–Kier alpha value is -2.80. The first-order valence-electron chi connectivity index (χ1n) is 18.4. The minimum absolute atomic E-state index is 0.379. The van der Waals surface area contributed by atoms with Crippen molar-refractivity contribution < 1.29 is 33.4 Å². The van der Waals surface area contributed by atoms with Gasteiger partial charge in [-0.1, -0.05) is 0 Å². The quantitative estimate of drug-likeness (QED) is 0.0498. The van der Waals surface area contributed by atoms with Gasteiger partial charge in [0.2, 0.25) is 6.41 Å². The fraction of sp³-hybridized carbons (Fsp3) is 0.889. The molecule has 49 heavy (non-hydrogen) atoms. The summed E-state index contributed by atoms with van der Waals surface area (Å²) in [6, 6.07) is 0. The Balaban J connectivity index is 4.81. The highest BCUT2D eigenvalue weighted by Crippen LogP contribution is 2.10. The van der Waals surface area contributed by atoms with Crippen LogP contribution in [0.3, 0.4) is 0 Å². The van der Waals surface area contributed by atoms with Gasteiger partial charge in [0.1, 0.15) is 16.8 Å². The first-order valence-corrected chi connectivity index (χ1v) is 18.4. The number of hydrogen-bond donors (Lipinski definition) is 4. The maximum atomic E-state index is 12.0. The van der Waals surface area contributed by atoms with Crippen molar-refractivity contribution in [2.45, 2.75) is 143 Å². The molecular formula is C36H72N6O7. The topological polar surface area (TPSA) is 151 Å². The molecule has 13 nitrogen and oxygen atoms in total. The molecule has 0 heterocycles. The molecule has 0 aliphatic carbocycles. The summed E-state index contributed by atoms with van der Waals surface area (Å²) in [4.78, 5) is 51.4. The molecule has 0 aromatic rings. The van der Waals surface area contributed by atoms with Crippen LogP contribution in [0.15, 0.2) is 0 Å². The molecule has 0 saturated carbocycles. The lowest BCUT2D eigenvalue weighted by Crippen LogP contribution is -2.34. The van der Waals surface area contributed by atoms with Gasteiger partial charge in [0.25, 0.3) is 0 Å². The van der Waals surface area contributed by atoms with Gasteiger partial charge in [-0.2, -0.15) is 0 Å². The number of carbonyl (C=O) groups excluding carboxylic acids is 4. The Morgan fingerprint density at radius 2 is 0.694 bits per heavy atom. The van der Waals surface area contributed by atoms with Gasteiger partial charge in [-0.15, -0.1) is 0 Å². The molecule has 0 aliphatic heterocycles. The minimum Gasteiger partial charge on any atom is -0.444 e. The molecule has 4 N–H and O–H groups in total. The summed E-state index contributed by atoms with van der Waals surface area (Å²) in [6.45, 7) is 24.9. The van der Waals surface area contributed by atoms with E-state index in [-0.39, 0.29) is 18.3 Å². The van der Waals surface area contributed by atoms with Crippen LogP contribution < -0.4 is 21.3 Å². The highest BCUT2D eigenvalue weighted by molar-refractivity contribution is 5.68. The second-order valence-electron chi connectivity index (χ2n) is 15.6. The third-order valence-corrected chi connectivity index (χ3v) is 7.04. The van der Waals surface area contributed by atoms with Crippen LogP contribution in [0.5, 0.6) is 0 Å². The molecule has 0 rings (SSSR count). The van der Waals surface area contributed by atoms with Crippen LogP contribution >= 0.6 is 0 Å². The van der Waals surface area contributed by atoms with Crippen LogP contribution in [-0.4, -0.2) is 117 Å². The summed E-state index contributed by atoms with van der Waals surface area (Å²) in [7, 11) is 0. The summed E-state index contributed by atoms with van der Waals surface area (Å²) in [5.41, 5.74) is -1.53. The first kappa shape index (κ1) is 46.2. The van der Waals surface area contributed by atoms with E-state index >= 15 is 0 Å². The second kappa shape index (κ2) is 26.1. The van der Waals surface area contributed by atoms with Crippen molar-refractivity contribution in [2.75, 3.05) is 65.4 Å². The highest BCUT2D eigenvalue weighted by Gasteiger charge is 2.17. The maximum absolute atomic E-state index is 12.0. The molecule has 0 unspecified atom stereocenters. The summed E-state index contributed by atoms with van der Waals surface area (Å²) < 4.78 is 16.0. The predicted octanol–water partition coefficient (Wildman–Crippen LogP) is 5.81. The van der Waals surface area contributed by atoms with E-state index < -0.39 is 16.8 Å². The summed E-state index contributed by atoms with van der Waals surface area (Å²) >= 11 is 0. The van der Waals surface area contributed by atoms with Crippen LogP contribution in [-0.2, 0) is 19.0 Å². The van der Waals surface area contributed by atoms with Crippen molar-refractivity contribution in [3.63, 3.8) is 0 Å². The molecule has 0 aliphatic rings. The van der Waals surface area contributed by atoms with Crippen LogP contribution in [0, 0.1) is 0 Å². The average molecular weight is 701 g/mol. The lowest BCUT2D eigenvalue weighted by molar-refractivity contribution is -0.109. The van der Waals surface area contributed by atoms with E-state index in [0.717, 1.165) is 110 Å². The van der Waals surface area contributed by atoms with Gasteiger partial charge < -0.3 is 45.3 Å². The zero-order valence-corrected chi connectivity index (χ0v) is 32.5. The Morgan fingerprint density at radius 3 is 0.939 bits per heavy atom. The number of ether oxygens (including phenoxy) is 3. The Kier molecular flexibility index (Phi) is 24.6. The molecule has 0 saturated heterocycles. The molecule has 0 bridgehead atoms. The molecule has 0 spiro atoms. The number of nitrogens with one attached hydrogen (secondary N) is 4. The van der Waals surface area contributed by atoms with Gasteiger partial charge in [0.05, 0.1) is 0 Å². The molecule has 0 radical (unpaired) electrons. The van der Waals surface area contributed by atoms with Crippen molar-refractivity contribution in [1.29, 1.82) is 0 Å². The number of hydrogen-bond acceptors (Lipinski definition) is 9. The third kappa shape index (κ3) is 33.5. The molecule has 0 aromatic carbocycles. The molecule has 0 atom stereocenters. The smallest absolute Gasteiger partial charge is 0.407 e. The summed E-state index contributed by atoms with van der Waals surface area (Å²) in [6.07, 6.45) is 9.20. The molecule has 0 fully saturated rings. The van der Waals surface area contributed by atoms with Crippen molar-refractivity contribution in [1.82, 2.24) is 31.1 Å². The Bertz CT molecular complexity index is 862. The Morgan fingerprint density at radius 1 is 0.449 bits per heavy atom. The number of alkyl carbamates (subject to hydrolysis) is 3. The number of nitrogens with zero attached hydrogens (tertiary/aromatic N) is 2. The van der Waals surface area contributed by atoms with E-state index in [1.807, 2.05) is 62.3 Å². The van der Waals surface area contributed by atoms with Crippen molar-refractivity contribution in [2.24, 2.45) is 0 Å². The zero-order chi connectivity index (χ0) is 37.2. The first-order chi connectivity index (χ1) is 22.9. The third-order valence-electron chi connectivity index (χ3n) is 7.04. The number of rotatable bonds is 26. The largest absolute Gasteiger partial charge is 0.444 e. The van der Waals surface area contributed by atoms with Gasteiger partial charge in [-0.3, -0.25) is 4.79 Å². The normalized spacial score (nSPS) is 12.1. The van der Waals surface area contributed by atoms with E-state index in [1.54, 1.807) is 0 Å². The second-order valence-corrected chi connectivity index (χ2v) is 15.6. The molecule has 13 heteroatoms. The number of amides is 4. The van der Waals surface area contributed by atoms with Crippen LogP contribution in [0.25, 0.3) is 0 Å². The van der Waals surface area contributed by atoms with Crippen molar-refractivity contribution in [3.05, 3.63) is 0 Å². The van der Waals surface area contributed by atoms with Gasteiger partial charge >= 0.3 is 18.3 Å². The predicted molar refractivity (Wildman–Crippen MR) is 196 cm³/mol. The minimum atomic E-state index is -0.513. The monoisotopic (exact) mass is 701 g/mol. The van der Waals surface area contributed by atoms with Gasteiger partial charge in [0, 0.05) is 26.2 Å². The fourth-order valence-electron chi connectivity index (χ4n) is 4.86. The van der Waals surface area contributed by atoms with E-state index in [1.165, 1.54) is 0 Å². The van der Waals surface area contributed by atoms with E-state index in [9.17, 15) is 19.2 Å². The highest BCUT2D eigenvalue weighted by atomic mass is 16.6. The Labute approximate surface area is 297 Å². The fourth-order valence-corrected chi connectivity index (χ4v) is 4.86. The van der Waals surface area contributed by atoms with Crippen LogP contribution in [0.2, 0.25) is 0 Å². The van der Waals surface area contributed by atoms with E-state index in [4.69, 9.17) is 14.2 Å². The van der Waals surface area contributed by atoms with Gasteiger partial charge in [-0.05, 0) is 166 Å². The lowest BCUT2D eigenvalue weighted by atomic mass is 10.2. The summed E-state index contributed by atoms with van der Waals surface area (Å²) in [5, 5.41) is 11.3. The maximum Gasteiger partial charge on any atom is 0.407 e. The molecule has 4 amide bonds. The summed E-state index contributed by atoms with van der Waals surface area (Å²) in [5.74, 6) is 0.